The molecule has 2 N–H and O–H groups in total. The van der Waals surface area contributed by atoms with Crippen LogP contribution in [0.3, 0.4) is 0 Å². The first-order valence-corrected chi connectivity index (χ1v) is 3.09. The summed E-state index contributed by atoms with van der Waals surface area (Å²) >= 11 is 0. The molecule has 1 atom stereocenters. The van der Waals surface area contributed by atoms with E-state index in [1.54, 1.807) is 0 Å². The molecular formula is C6H14FN. The topological polar surface area (TPSA) is 26.0 Å². The van der Waals surface area contributed by atoms with Gasteiger partial charge in [-0.3, -0.25) is 4.39 Å². The normalized spacial score (nSPS) is 13.9. The lowest BCUT2D eigenvalue weighted by Gasteiger charge is -2.00. The molecule has 0 unspecified atom stereocenters. The fourth-order valence-electron chi connectivity index (χ4n) is 0.561. The lowest BCUT2D eigenvalue weighted by molar-refractivity contribution is 0.448. The van der Waals surface area contributed by atoms with E-state index in [9.17, 15) is 4.39 Å². The van der Waals surface area contributed by atoms with Gasteiger partial charge in [-0.2, -0.15) is 0 Å². The highest BCUT2D eigenvalue weighted by Crippen LogP contribution is 1.97. The Labute approximate surface area is 50.1 Å². The molecule has 0 rings (SSSR count). The lowest BCUT2D eigenvalue weighted by Crippen LogP contribution is -2.13. The third-order valence-electron chi connectivity index (χ3n) is 1.04. The lowest BCUT2D eigenvalue weighted by atomic mass is 10.2. The van der Waals surface area contributed by atoms with Crippen molar-refractivity contribution < 1.29 is 4.39 Å². The van der Waals surface area contributed by atoms with Gasteiger partial charge in [0.15, 0.2) is 0 Å². The van der Waals surface area contributed by atoms with Gasteiger partial charge in [0.25, 0.3) is 0 Å². The van der Waals surface area contributed by atoms with Crippen LogP contribution in [-0.2, 0) is 0 Å². The molecule has 0 heterocycles. The van der Waals surface area contributed by atoms with Gasteiger partial charge in [0, 0.05) is 6.04 Å². The first-order chi connectivity index (χ1) is 3.77. The summed E-state index contributed by atoms with van der Waals surface area (Å²) < 4.78 is 11.4. The molecular weight excluding hydrogens is 105 g/mol. The molecule has 1 nitrogen and oxygen atoms in total. The minimum absolute atomic E-state index is 0.202. The molecule has 0 bridgehead atoms. The van der Waals surface area contributed by atoms with Crippen LogP contribution in [0.25, 0.3) is 0 Å². The molecule has 0 radical (unpaired) electrons. The van der Waals surface area contributed by atoms with Crippen LogP contribution in [0.2, 0.25) is 0 Å². The number of nitrogens with two attached hydrogens (primary N) is 1. The van der Waals surface area contributed by atoms with E-state index in [-0.39, 0.29) is 12.7 Å². The zero-order valence-electron chi connectivity index (χ0n) is 5.36. The zero-order chi connectivity index (χ0) is 6.41. The highest BCUT2D eigenvalue weighted by Gasteiger charge is 1.91. The Bertz CT molecular complexity index is 45.8. The van der Waals surface area contributed by atoms with Gasteiger partial charge in [-0.25, -0.2) is 0 Å². The van der Waals surface area contributed by atoms with Crippen molar-refractivity contribution >= 4 is 0 Å². The van der Waals surface area contributed by atoms with E-state index in [1.807, 2.05) is 6.92 Å². The zero-order valence-corrected chi connectivity index (χ0v) is 5.36. The number of hydrogen-bond acceptors (Lipinski definition) is 1. The summed E-state index contributed by atoms with van der Waals surface area (Å²) in [7, 11) is 0. The Morgan fingerprint density at radius 1 is 1.50 bits per heavy atom. The molecule has 0 aromatic heterocycles. The Kier molecular flexibility index (Phi) is 4.97. The summed E-state index contributed by atoms with van der Waals surface area (Å²) in [5, 5.41) is 0. The van der Waals surface area contributed by atoms with Crippen molar-refractivity contribution in [1.82, 2.24) is 0 Å². The second-order valence-corrected chi connectivity index (χ2v) is 2.16. The summed E-state index contributed by atoms with van der Waals surface area (Å²) in [5.41, 5.74) is 5.41. The van der Waals surface area contributed by atoms with Crippen LogP contribution < -0.4 is 5.73 Å². The van der Waals surface area contributed by atoms with Crippen molar-refractivity contribution in [2.24, 2.45) is 5.73 Å². The number of halogens is 1. The highest BCUT2D eigenvalue weighted by atomic mass is 19.1. The Morgan fingerprint density at radius 3 is 2.50 bits per heavy atom. The van der Waals surface area contributed by atoms with Crippen LogP contribution >= 0.6 is 0 Å². The van der Waals surface area contributed by atoms with Crippen LogP contribution in [0.15, 0.2) is 0 Å². The summed E-state index contributed by atoms with van der Waals surface area (Å²) in [4.78, 5) is 0. The summed E-state index contributed by atoms with van der Waals surface area (Å²) in [5.74, 6) is 0. The molecule has 8 heavy (non-hydrogen) atoms. The summed E-state index contributed by atoms with van der Waals surface area (Å²) in [6.45, 7) is 1.74. The smallest absolute Gasteiger partial charge is 0.0894 e. The van der Waals surface area contributed by atoms with Crippen LogP contribution in [0.1, 0.15) is 26.2 Å². The molecule has 0 aromatic carbocycles. The average molecular weight is 119 g/mol. The van der Waals surface area contributed by atoms with Gasteiger partial charge in [0.05, 0.1) is 6.67 Å². The van der Waals surface area contributed by atoms with E-state index in [0.29, 0.717) is 6.42 Å². The van der Waals surface area contributed by atoms with E-state index in [2.05, 4.69) is 0 Å². The maximum Gasteiger partial charge on any atom is 0.0894 e. The van der Waals surface area contributed by atoms with Gasteiger partial charge in [-0.05, 0) is 26.2 Å². The maximum absolute atomic E-state index is 11.4. The Balaban J connectivity index is 2.72. The number of alkyl halides is 1. The molecule has 0 aliphatic rings. The number of hydrogen-bond donors (Lipinski definition) is 1. The minimum atomic E-state index is -0.202. The van der Waals surface area contributed by atoms with E-state index < -0.39 is 0 Å². The predicted octanol–water partition coefficient (Wildman–Crippen LogP) is 1.47. The number of rotatable bonds is 4. The third kappa shape index (κ3) is 5.89. The first-order valence-electron chi connectivity index (χ1n) is 3.09. The highest BCUT2D eigenvalue weighted by molar-refractivity contribution is 4.51. The van der Waals surface area contributed by atoms with Gasteiger partial charge in [0.1, 0.15) is 0 Å². The van der Waals surface area contributed by atoms with Crippen LogP contribution in [0.4, 0.5) is 4.39 Å². The molecule has 50 valence electrons. The predicted molar refractivity (Wildman–Crippen MR) is 33.5 cm³/mol. The van der Waals surface area contributed by atoms with Crippen molar-refractivity contribution in [3.63, 3.8) is 0 Å². The fourth-order valence-corrected chi connectivity index (χ4v) is 0.561. The SMILES string of the molecule is C[C@H](N)CCCCF. The van der Waals surface area contributed by atoms with Crippen molar-refractivity contribution in [1.29, 1.82) is 0 Å². The minimum Gasteiger partial charge on any atom is -0.328 e. The quantitative estimate of drug-likeness (QED) is 0.557. The van der Waals surface area contributed by atoms with Crippen molar-refractivity contribution in [2.45, 2.75) is 32.2 Å². The second-order valence-electron chi connectivity index (χ2n) is 2.16. The Hall–Kier alpha value is -0.110. The van der Waals surface area contributed by atoms with Crippen LogP contribution in [0.5, 0.6) is 0 Å². The van der Waals surface area contributed by atoms with Crippen molar-refractivity contribution in [3.8, 4) is 0 Å². The molecule has 2 heteroatoms. The van der Waals surface area contributed by atoms with Gasteiger partial charge in [-0.1, -0.05) is 0 Å². The summed E-state index contributed by atoms with van der Waals surface area (Å²) in [6, 6.07) is 0.238. The molecule has 0 aliphatic carbocycles. The molecule has 0 aromatic rings. The van der Waals surface area contributed by atoms with Gasteiger partial charge >= 0.3 is 0 Å². The van der Waals surface area contributed by atoms with Gasteiger partial charge in [0.2, 0.25) is 0 Å². The second kappa shape index (κ2) is 5.04. The molecule has 0 fully saturated rings. The molecule has 0 aliphatic heterocycles. The fraction of sp³-hybridized carbons (Fsp3) is 1.00. The van der Waals surface area contributed by atoms with Crippen LogP contribution in [-0.4, -0.2) is 12.7 Å². The van der Waals surface area contributed by atoms with E-state index in [4.69, 9.17) is 5.73 Å². The Morgan fingerprint density at radius 2 is 2.12 bits per heavy atom. The van der Waals surface area contributed by atoms with Crippen molar-refractivity contribution in [3.05, 3.63) is 0 Å². The van der Waals surface area contributed by atoms with E-state index >= 15 is 0 Å². The summed E-state index contributed by atoms with van der Waals surface area (Å²) in [6.07, 6.45) is 2.54. The molecule has 0 spiro atoms. The average Bonchev–Trinajstić information content (AvgIpc) is 1.66. The molecule has 0 amide bonds. The van der Waals surface area contributed by atoms with E-state index in [1.165, 1.54) is 0 Å². The van der Waals surface area contributed by atoms with Crippen LogP contribution in [0, 0.1) is 0 Å². The van der Waals surface area contributed by atoms with Crippen molar-refractivity contribution in [2.75, 3.05) is 6.67 Å². The largest absolute Gasteiger partial charge is 0.328 e. The maximum atomic E-state index is 11.4. The molecule has 0 saturated carbocycles. The van der Waals surface area contributed by atoms with Gasteiger partial charge in [-0.15, -0.1) is 0 Å². The monoisotopic (exact) mass is 119 g/mol. The third-order valence-corrected chi connectivity index (χ3v) is 1.04. The standard InChI is InChI=1S/C6H14FN/c1-6(8)4-2-3-5-7/h6H,2-5,8H2,1H3/t6-/m0/s1. The molecule has 0 saturated heterocycles. The van der Waals surface area contributed by atoms with E-state index in [0.717, 1.165) is 12.8 Å². The van der Waals surface area contributed by atoms with Gasteiger partial charge < -0.3 is 5.73 Å². The first kappa shape index (κ1) is 7.89. The number of unbranched alkanes of at least 4 members (excludes halogenated alkanes) is 1.